The molecule has 9 heteroatoms. The third-order valence-corrected chi connectivity index (χ3v) is 5.57. The fraction of sp³-hybridized carbons (Fsp3) is 0.526. The van der Waals surface area contributed by atoms with E-state index < -0.39 is 0 Å². The second-order valence-corrected chi connectivity index (χ2v) is 7.30. The molecule has 1 saturated heterocycles. The van der Waals surface area contributed by atoms with Gasteiger partial charge in [-0.3, -0.25) is 9.36 Å². The minimum atomic E-state index is -0.0352. The van der Waals surface area contributed by atoms with Crippen LogP contribution in [0.2, 0.25) is 0 Å². The van der Waals surface area contributed by atoms with Gasteiger partial charge < -0.3 is 24.6 Å². The average molecular weight is 404 g/mol. The van der Waals surface area contributed by atoms with Crippen LogP contribution in [0.1, 0.15) is 13.3 Å². The lowest BCUT2D eigenvalue weighted by Gasteiger charge is -2.37. The summed E-state index contributed by atoms with van der Waals surface area (Å²) in [7, 11) is 1.84. The molecule has 0 atom stereocenters. The molecule has 2 aliphatic rings. The van der Waals surface area contributed by atoms with Gasteiger partial charge in [0.15, 0.2) is 16.6 Å². The van der Waals surface area contributed by atoms with E-state index in [-0.39, 0.29) is 5.56 Å². The summed E-state index contributed by atoms with van der Waals surface area (Å²) in [6, 6.07) is 3.58. The van der Waals surface area contributed by atoms with Crippen molar-refractivity contribution in [2.75, 3.05) is 51.3 Å². The van der Waals surface area contributed by atoms with E-state index >= 15 is 0 Å². The summed E-state index contributed by atoms with van der Waals surface area (Å²) < 4.78 is 13.1. The van der Waals surface area contributed by atoms with E-state index in [1.54, 1.807) is 10.6 Å². The van der Waals surface area contributed by atoms with Gasteiger partial charge in [0.25, 0.3) is 5.56 Å². The van der Waals surface area contributed by atoms with Gasteiger partial charge in [-0.05, 0) is 24.7 Å². The number of thiocarbonyl (C=S) groups is 1. The lowest BCUT2D eigenvalue weighted by molar-refractivity contribution is 0.172. The normalized spacial score (nSPS) is 16.4. The Labute approximate surface area is 169 Å². The molecule has 28 heavy (non-hydrogen) atoms. The highest BCUT2D eigenvalue weighted by atomic mass is 32.1. The number of piperazine rings is 1. The van der Waals surface area contributed by atoms with Gasteiger partial charge in [-0.25, -0.2) is 4.98 Å². The lowest BCUT2D eigenvalue weighted by Crippen LogP contribution is -2.52. The highest BCUT2D eigenvalue weighted by Crippen LogP contribution is 2.33. The highest BCUT2D eigenvalue weighted by molar-refractivity contribution is 7.80. The lowest BCUT2D eigenvalue weighted by atomic mass is 10.2. The number of fused-ring (bicyclic) bond motifs is 2. The standard InChI is InChI=1S/C19H25N5O3S/c1-3-4-24-17(25)13-11-15-16(27-10-9-26-15)12-14(13)21-18(24)22-5-7-23(8-6-22)19(28)20-2/h11-12H,3-10H2,1-2H3,(H,20,28). The minimum absolute atomic E-state index is 0.0352. The number of ether oxygens (including phenoxy) is 2. The number of nitrogens with one attached hydrogen (secondary N) is 1. The van der Waals surface area contributed by atoms with Crippen LogP contribution in [-0.4, -0.2) is 66.0 Å². The third-order valence-electron chi connectivity index (χ3n) is 5.11. The van der Waals surface area contributed by atoms with Crippen molar-refractivity contribution in [3.8, 4) is 11.5 Å². The number of hydrogen-bond acceptors (Lipinski definition) is 6. The van der Waals surface area contributed by atoms with E-state index in [1.165, 1.54) is 0 Å². The zero-order valence-corrected chi connectivity index (χ0v) is 17.0. The van der Waals surface area contributed by atoms with Crippen LogP contribution < -0.4 is 25.2 Å². The smallest absolute Gasteiger partial charge is 0.262 e. The highest BCUT2D eigenvalue weighted by Gasteiger charge is 2.24. The summed E-state index contributed by atoms with van der Waals surface area (Å²) >= 11 is 5.34. The maximum atomic E-state index is 13.2. The summed E-state index contributed by atoms with van der Waals surface area (Å²) in [6.45, 7) is 6.79. The monoisotopic (exact) mass is 403 g/mol. The van der Waals surface area contributed by atoms with Crippen molar-refractivity contribution in [1.82, 2.24) is 19.8 Å². The first kappa shape index (κ1) is 18.8. The van der Waals surface area contributed by atoms with Crippen molar-refractivity contribution < 1.29 is 9.47 Å². The molecule has 4 rings (SSSR count). The number of rotatable bonds is 3. The topological polar surface area (TPSA) is 71.9 Å². The molecule has 0 saturated carbocycles. The summed E-state index contributed by atoms with van der Waals surface area (Å²) in [6.07, 6.45) is 0.856. The van der Waals surface area contributed by atoms with Gasteiger partial charge in [0.1, 0.15) is 13.2 Å². The van der Waals surface area contributed by atoms with Crippen molar-refractivity contribution in [1.29, 1.82) is 0 Å². The molecule has 1 aromatic carbocycles. The second-order valence-electron chi connectivity index (χ2n) is 6.91. The number of anilines is 1. The molecule has 8 nitrogen and oxygen atoms in total. The van der Waals surface area contributed by atoms with E-state index in [0.29, 0.717) is 48.1 Å². The molecule has 2 aliphatic heterocycles. The summed E-state index contributed by atoms with van der Waals surface area (Å²) in [5, 5.41) is 4.34. The fourth-order valence-electron chi connectivity index (χ4n) is 3.68. The van der Waals surface area contributed by atoms with E-state index in [9.17, 15) is 4.79 Å². The zero-order valence-electron chi connectivity index (χ0n) is 16.2. The molecule has 150 valence electrons. The molecule has 1 aromatic heterocycles. The largest absolute Gasteiger partial charge is 0.486 e. The Morgan fingerprint density at radius 1 is 1.18 bits per heavy atom. The van der Waals surface area contributed by atoms with E-state index in [0.717, 1.165) is 37.7 Å². The molecule has 0 bridgehead atoms. The van der Waals surface area contributed by atoms with Gasteiger partial charge in [0.05, 0.1) is 10.9 Å². The first-order valence-corrected chi connectivity index (χ1v) is 10.1. The van der Waals surface area contributed by atoms with Gasteiger partial charge in [0.2, 0.25) is 5.95 Å². The van der Waals surface area contributed by atoms with Crippen LogP contribution in [0.25, 0.3) is 10.9 Å². The van der Waals surface area contributed by atoms with Crippen LogP contribution in [-0.2, 0) is 6.54 Å². The van der Waals surface area contributed by atoms with Gasteiger partial charge in [-0.2, -0.15) is 0 Å². The molecular weight excluding hydrogens is 378 g/mol. The van der Waals surface area contributed by atoms with E-state index in [2.05, 4.69) is 22.0 Å². The predicted molar refractivity (Wildman–Crippen MR) is 113 cm³/mol. The van der Waals surface area contributed by atoms with Crippen LogP contribution in [0.15, 0.2) is 16.9 Å². The molecule has 1 fully saturated rings. The molecule has 0 radical (unpaired) electrons. The van der Waals surface area contributed by atoms with Crippen LogP contribution >= 0.6 is 12.2 Å². The third kappa shape index (κ3) is 3.34. The summed E-state index contributed by atoms with van der Waals surface area (Å²) in [4.78, 5) is 22.4. The Kier molecular flexibility index (Phi) is 5.25. The van der Waals surface area contributed by atoms with Crippen molar-refractivity contribution >= 4 is 34.2 Å². The van der Waals surface area contributed by atoms with Crippen LogP contribution in [0.4, 0.5) is 5.95 Å². The van der Waals surface area contributed by atoms with Gasteiger partial charge in [-0.15, -0.1) is 0 Å². The van der Waals surface area contributed by atoms with E-state index in [4.69, 9.17) is 26.7 Å². The quantitative estimate of drug-likeness (QED) is 0.767. The zero-order chi connectivity index (χ0) is 19.7. The van der Waals surface area contributed by atoms with Crippen molar-refractivity contribution in [2.45, 2.75) is 19.9 Å². The molecular formula is C19H25N5O3S. The van der Waals surface area contributed by atoms with Gasteiger partial charge in [0, 0.05) is 45.8 Å². The first-order valence-electron chi connectivity index (χ1n) is 9.68. The van der Waals surface area contributed by atoms with Crippen molar-refractivity contribution in [3.63, 3.8) is 0 Å². The van der Waals surface area contributed by atoms with E-state index in [1.807, 2.05) is 13.1 Å². The Balaban J connectivity index is 1.74. The second kappa shape index (κ2) is 7.83. The maximum Gasteiger partial charge on any atom is 0.262 e. The number of benzene rings is 1. The number of aromatic nitrogens is 2. The predicted octanol–water partition coefficient (Wildman–Crippen LogP) is 1.20. The molecule has 1 N–H and O–H groups in total. The van der Waals surface area contributed by atoms with Gasteiger partial charge >= 0.3 is 0 Å². The van der Waals surface area contributed by atoms with Crippen molar-refractivity contribution in [2.24, 2.45) is 0 Å². The molecule has 2 aromatic rings. The number of nitrogens with zero attached hydrogens (tertiary/aromatic N) is 4. The van der Waals surface area contributed by atoms with Crippen LogP contribution in [0.3, 0.4) is 0 Å². The van der Waals surface area contributed by atoms with Crippen LogP contribution in [0, 0.1) is 0 Å². The molecule has 0 aliphatic carbocycles. The Hall–Kier alpha value is -2.55. The minimum Gasteiger partial charge on any atom is -0.486 e. The van der Waals surface area contributed by atoms with Gasteiger partial charge in [-0.1, -0.05) is 6.92 Å². The van der Waals surface area contributed by atoms with Crippen molar-refractivity contribution in [3.05, 3.63) is 22.5 Å². The SMILES string of the molecule is CCCn1c(N2CCN(C(=S)NC)CC2)nc2cc3c(cc2c1=O)OCCO3. The molecule has 0 spiro atoms. The maximum absolute atomic E-state index is 13.2. The Morgan fingerprint density at radius 2 is 1.86 bits per heavy atom. The Morgan fingerprint density at radius 3 is 2.50 bits per heavy atom. The van der Waals surface area contributed by atoms with Crippen LogP contribution in [0.5, 0.6) is 11.5 Å². The average Bonchev–Trinajstić information content (AvgIpc) is 2.74. The first-order chi connectivity index (χ1) is 13.6. The molecule has 0 amide bonds. The number of hydrogen-bond donors (Lipinski definition) is 1. The molecule has 3 heterocycles. The molecule has 0 unspecified atom stereocenters. The fourth-order valence-corrected chi connectivity index (χ4v) is 3.86. The summed E-state index contributed by atoms with van der Waals surface area (Å²) in [5.41, 5.74) is 0.608. The Bertz CT molecular complexity index is 953. The summed E-state index contributed by atoms with van der Waals surface area (Å²) in [5.74, 6) is 1.97.